The maximum absolute atomic E-state index is 12.7. The Morgan fingerprint density at radius 2 is 1.75 bits per heavy atom. The molecule has 4 aromatic rings. The van der Waals surface area contributed by atoms with Crippen molar-refractivity contribution in [3.8, 4) is 17.1 Å². The standard InChI is InChI=1S/C25H25N5O2/c1-3-7-21-16-24(32)28-25(26-21)30-22(14-17(2)29-30)27-23(31)15-18-10-12-20(13-11-18)19-8-5-4-6-9-19/h4-6,8-14,16H,3,7,15H2,1-2H3,(H,27,31)(H,26,28,32). The Morgan fingerprint density at radius 3 is 2.47 bits per heavy atom. The van der Waals surface area contributed by atoms with E-state index in [1.807, 2.05) is 56.3 Å². The first-order chi connectivity index (χ1) is 15.5. The predicted molar refractivity (Wildman–Crippen MR) is 125 cm³/mol. The zero-order chi connectivity index (χ0) is 22.5. The van der Waals surface area contributed by atoms with Gasteiger partial charge in [0.05, 0.1) is 12.1 Å². The van der Waals surface area contributed by atoms with Gasteiger partial charge in [-0.05, 0) is 30.0 Å². The van der Waals surface area contributed by atoms with Crippen molar-refractivity contribution in [3.63, 3.8) is 0 Å². The summed E-state index contributed by atoms with van der Waals surface area (Å²) in [5, 5.41) is 7.29. The Labute approximate surface area is 186 Å². The van der Waals surface area contributed by atoms with E-state index in [2.05, 4.69) is 32.5 Å². The third-order valence-corrected chi connectivity index (χ3v) is 5.01. The van der Waals surface area contributed by atoms with E-state index in [4.69, 9.17) is 0 Å². The highest BCUT2D eigenvalue weighted by Crippen LogP contribution is 2.20. The first-order valence-electron chi connectivity index (χ1n) is 10.6. The summed E-state index contributed by atoms with van der Waals surface area (Å²) in [7, 11) is 0. The SMILES string of the molecule is CCCc1cc(=O)[nH]c(-n2nc(C)cc2NC(=O)Cc2ccc(-c3ccccc3)cc2)n1. The van der Waals surface area contributed by atoms with Crippen LogP contribution in [0.2, 0.25) is 0 Å². The third-order valence-electron chi connectivity index (χ3n) is 5.01. The number of amides is 1. The van der Waals surface area contributed by atoms with Crippen molar-refractivity contribution < 1.29 is 4.79 Å². The molecule has 0 radical (unpaired) electrons. The van der Waals surface area contributed by atoms with E-state index >= 15 is 0 Å². The van der Waals surface area contributed by atoms with E-state index in [0.717, 1.165) is 23.1 Å². The summed E-state index contributed by atoms with van der Waals surface area (Å²) in [6, 6.07) is 21.3. The summed E-state index contributed by atoms with van der Waals surface area (Å²) >= 11 is 0. The smallest absolute Gasteiger partial charge is 0.252 e. The topological polar surface area (TPSA) is 92.7 Å². The van der Waals surface area contributed by atoms with Crippen LogP contribution in [0.4, 0.5) is 5.82 Å². The normalized spacial score (nSPS) is 10.8. The van der Waals surface area contributed by atoms with Crippen molar-refractivity contribution >= 4 is 11.7 Å². The maximum Gasteiger partial charge on any atom is 0.252 e. The molecular weight excluding hydrogens is 402 g/mol. The fourth-order valence-corrected chi connectivity index (χ4v) is 3.55. The van der Waals surface area contributed by atoms with Crippen LogP contribution in [0.3, 0.4) is 0 Å². The number of aromatic nitrogens is 4. The molecule has 7 heteroatoms. The average molecular weight is 428 g/mol. The molecule has 0 saturated heterocycles. The minimum Gasteiger partial charge on any atom is -0.310 e. The largest absolute Gasteiger partial charge is 0.310 e. The van der Waals surface area contributed by atoms with Gasteiger partial charge in [0, 0.05) is 17.8 Å². The molecule has 0 fully saturated rings. The maximum atomic E-state index is 12.7. The molecule has 32 heavy (non-hydrogen) atoms. The van der Waals surface area contributed by atoms with Crippen LogP contribution in [-0.2, 0) is 17.6 Å². The predicted octanol–water partition coefficient (Wildman–Crippen LogP) is 4.06. The summed E-state index contributed by atoms with van der Waals surface area (Å²) in [5.41, 5.74) is 4.29. The fourth-order valence-electron chi connectivity index (χ4n) is 3.55. The van der Waals surface area contributed by atoms with Crippen molar-refractivity contribution in [2.45, 2.75) is 33.1 Å². The van der Waals surface area contributed by atoms with Gasteiger partial charge in [-0.25, -0.2) is 4.98 Å². The lowest BCUT2D eigenvalue weighted by atomic mass is 10.0. The van der Waals surface area contributed by atoms with E-state index < -0.39 is 0 Å². The molecule has 0 spiro atoms. The van der Waals surface area contributed by atoms with Crippen LogP contribution in [0.5, 0.6) is 0 Å². The van der Waals surface area contributed by atoms with Crippen LogP contribution >= 0.6 is 0 Å². The number of hydrogen-bond donors (Lipinski definition) is 2. The van der Waals surface area contributed by atoms with E-state index in [0.29, 0.717) is 23.6 Å². The molecule has 0 saturated carbocycles. The van der Waals surface area contributed by atoms with Gasteiger partial charge in [-0.3, -0.25) is 14.6 Å². The molecule has 2 aromatic heterocycles. The lowest BCUT2D eigenvalue weighted by molar-refractivity contribution is -0.115. The van der Waals surface area contributed by atoms with Crippen molar-refractivity contribution in [2.24, 2.45) is 0 Å². The number of carbonyl (C=O) groups is 1. The number of carbonyl (C=O) groups excluding carboxylic acids is 1. The minimum absolute atomic E-state index is 0.175. The van der Waals surface area contributed by atoms with Crippen LogP contribution < -0.4 is 10.9 Å². The molecule has 7 nitrogen and oxygen atoms in total. The zero-order valence-corrected chi connectivity index (χ0v) is 18.1. The molecule has 2 N–H and O–H groups in total. The summed E-state index contributed by atoms with van der Waals surface area (Å²) in [4.78, 5) is 32.0. The monoisotopic (exact) mass is 427 g/mol. The molecule has 162 valence electrons. The van der Waals surface area contributed by atoms with Crippen LogP contribution in [0.25, 0.3) is 17.1 Å². The highest BCUT2D eigenvalue weighted by molar-refractivity contribution is 5.91. The van der Waals surface area contributed by atoms with E-state index in [1.165, 1.54) is 10.7 Å². The number of aromatic amines is 1. The molecule has 2 aromatic carbocycles. The van der Waals surface area contributed by atoms with Crippen molar-refractivity contribution in [3.05, 3.63) is 94.0 Å². The summed E-state index contributed by atoms with van der Waals surface area (Å²) < 4.78 is 1.46. The van der Waals surface area contributed by atoms with Gasteiger partial charge >= 0.3 is 0 Å². The summed E-state index contributed by atoms with van der Waals surface area (Å²) in [6.07, 6.45) is 1.79. The highest BCUT2D eigenvalue weighted by atomic mass is 16.1. The zero-order valence-electron chi connectivity index (χ0n) is 18.1. The van der Waals surface area contributed by atoms with Gasteiger partial charge in [0.2, 0.25) is 11.9 Å². The molecule has 2 heterocycles. The van der Waals surface area contributed by atoms with Gasteiger partial charge in [-0.1, -0.05) is 67.9 Å². The molecular formula is C25H25N5O2. The van der Waals surface area contributed by atoms with Crippen LogP contribution in [0.1, 0.15) is 30.3 Å². The number of nitrogens with one attached hydrogen (secondary N) is 2. The Morgan fingerprint density at radius 1 is 1.03 bits per heavy atom. The van der Waals surface area contributed by atoms with Gasteiger partial charge in [-0.2, -0.15) is 9.78 Å². The number of benzene rings is 2. The quantitative estimate of drug-likeness (QED) is 0.465. The van der Waals surface area contributed by atoms with Gasteiger partial charge in [0.1, 0.15) is 5.82 Å². The number of H-pyrrole nitrogens is 1. The first kappa shape index (κ1) is 21.2. The Bertz CT molecular complexity index is 1270. The highest BCUT2D eigenvalue weighted by Gasteiger charge is 2.14. The lowest BCUT2D eigenvalue weighted by Gasteiger charge is -2.09. The third kappa shape index (κ3) is 5.00. The van der Waals surface area contributed by atoms with Crippen molar-refractivity contribution in [2.75, 3.05) is 5.32 Å². The van der Waals surface area contributed by atoms with Crippen LogP contribution in [-0.4, -0.2) is 25.7 Å². The second-order valence-electron chi connectivity index (χ2n) is 7.68. The van der Waals surface area contributed by atoms with Gasteiger partial charge in [0.15, 0.2) is 0 Å². The molecule has 0 aliphatic carbocycles. The molecule has 0 unspecified atom stereocenters. The van der Waals surface area contributed by atoms with Crippen molar-refractivity contribution in [1.82, 2.24) is 19.7 Å². The second-order valence-corrected chi connectivity index (χ2v) is 7.68. The minimum atomic E-state index is -0.248. The fraction of sp³-hybridized carbons (Fsp3) is 0.200. The molecule has 0 bridgehead atoms. The average Bonchev–Trinajstić information content (AvgIpc) is 3.14. The Hall–Kier alpha value is -4.00. The lowest BCUT2D eigenvalue weighted by Crippen LogP contribution is -2.20. The van der Waals surface area contributed by atoms with E-state index in [-0.39, 0.29) is 23.8 Å². The molecule has 1 amide bonds. The van der Waals surface area contributed by atoms with Gasteiger partial charge in [-0.15, -0.1) is 0 Å². The van der Waals surface area contributed by atoms with Gasteiger partial charge < -0.3 is 5.32 Å². The number of anilines is 1. The number of hydrogen-bond acceptors (Lipinski definition) is 4. The van der Waals surface area contributed by atoms with Crippen LogP contribution in [0, 0.1) is 6.92 Å². The number of aryl methyl sites for hydroxylation is 2. The Balaban J connectivity index is 1.50. The second kappa shape index (κ2) is 9.43. The molecule has 0 aliphatic rings. The van der Waals surface area contributed by atoms with Crippen LogP contribution in [0.15, 0.2) is 71.5 Å². The number of nitrogens with zero attached hydrogens (tertiary/aromatic N) is 3. The molecule has 4 rings (SSSR count). The summed E-state index contributed by atoms with van der Waals surface area (Å²) in [6.45, 7) is 3.85. The van der Waals surface area contributed by atoms with E-state index in [1.54, 1.807) is 6.07 Å². The molecule has 0 atom stereocenters. The first-order valence-corrected chi connectivity index (χ1v) is 10.6. The van der Waals surface area contributed by atoms with Gasteiger partial charge in [0.25, 0.3) is 5.56 Å². The summed E-state index contributed by atoms with van der Waals surface area (Å²) in [5.74, 6) is 0.576. The Kier molecular flexibility index (Phi) is 6.26. The van der Waals surface area contributed by atoms with E-state index in [9.17, 15) is 9.59 Å². The van der Waals surface area contributed by atoms with Crippen molar-refractivity contribution in [1.29, 1.82) is 0 Å². The number of rotatable bonds is 7. The molecule has 0 aliphatic heterocycles.